The maximum atomic E-state index is 11.8. The van der Waals surface area contributed by atoms with Crippen molar-refractivity contribution in [2.24, 2.45) is 5.10 Å². The van der Waals surface area contributed by atoms with E-state index in [-0.39, 0.29) is 12.5 Å². The molecule has 2 rings (SSSR count). The first-order valence-electron chi connectivity index (χ1n) is 6.77. The summed E-state index contributed by atoms with van der Waals surface area (Å²) in [4.78, 5) is 23.5. The molecule has 0 unspecified atom stereocenters. The van der Waals surface area contributed by atoms with E-state index in [0.717, 1.165) is 0 Å². The van der Waals surface area contributed by atoms with E-state index in [1.807, 2.05) is 0 Å². The lowest BCUT2D eigenvalue weighted by Gasteiger charge is -2.04. The van der Waals surface area contributed by atoms with Crippen molar-refractivity contribution in [3.05, 3.63) is 68.7 Å². The third-order valence-corrected chi connectivity index (χ3v) is 3.81. The van der Waals surface area contributed by atoms with Gasteiger partial charge in [-0.25, -0.2) is 5.43 Å². The lowest BCUT2D eigenvalue weighted by molar-refractivity contribution is -0.120. The fourth-order valence-electron chi connectivity index (χ4n) is 1.71. The molecule has 0 bridgehead atoms. The predicted molar refractivity (Wildman–Crippen MR) is 96.0 cm³/mol. The van der Waals surface area contributed by atoms with Crippen molar-refractivity contribution in [2.45, 2.75) is 0 Å². The molecular weight excluding hydrogens is 373 g/mol. The number of hydrogen-bond donors (Lipinski definition) is 2. The van der Waals surface area contributed by atoms with Crippen LogP contribution < -0.4 is 10.7 Å². The molecule has 0 saturated heterocycles. The Morgan fingerprint density at radius 1 is 1.00 bits per heavy atom. The number of carbonyl (C=O) groups excluding carboxylic acids is 2. The Kier molecular flexibility index (Phi) is 6.61. The van der Waals surface area contributed by atoms with E-state index in [1.54, 1.807) is 42.5 Å². The molecular formula is C16H12Cl3N3O2. The van der Waals surface area contributed by atoms with Crippen LogP contribution in [0.2, 0.25) is 15.1 Å². The van der Waals surface area contributed by atoms with Gasteiger partial charge in [0.2, 0.25) is 0 Å². The molecule has 2 aromatic carbocycles. The van der Waals surface area contributed by atoms with Gasteiger partial charge in [0.1, 0.15) is 0 Å². The number of carbonyl (C=O) groups is 2. The highest BCUT2D eigenvalue weighted by atomic mass is 35.5. The van der Waals surface area contributed by atoms with Gasteiger partial charge >= 0.3 is 0 Å². The molecule has 0 spiro atoms. The molecule has 2 N–H and O–H groups in total. The second-order valence-electron chi connectivity index (χ2n) is 4.62. The predicted octanol–water partition coefficient (Wildman–Crippen LogP) is 3.53. The van der Waals surface area contributed by atoms with Crippen molar-refractivity contribution < 1.29 is 9.59 Å². The highest BCUT2D eigenvalue weighted by molar-refractivity contribution is 6.38. The number of nitrogens with one attached hydrogen (secondary N) is 2. The zero-order valence-electron chi connectivity index (χ0n) is 12.2. The van der Waals surface area contributed by atoms with Crippen molar-refractivity contribution in [1.82, 2.24) is 10.7 Å². The quantitative estimate of drug-likeness (QED) is 0.611. The molecule has 0 saturated carbocycles. The molecule has 0 radical (unpaired) electrons. The van der Waals surface area contributed by atoms with Crippen LogP contribution in [-0.2, 0) is 4.79 Å². The summed E-state index contributed by atoms with van der Waals surface area (Å²) in [6.07, 6.45) is 1.34. The molecule has 0 fully saturated rings. The van der Waals surface area contributed by atoms with Gasteiger partial charge < -0.3 is 5.32 Å². The number of halogens is 3. The summed E-state index contributed by atoms with van der Waals surface area (Å²) in [6.45, 7) is -0.227. The first kappa shape index (κ1) is 18.3. The minimum Gasteiger partial charge on any atom is -0.343 e. The molecule has 2 amide bonds. The minimum atomic E-state index is -0.489. The Balaban J connectivity index is 1.84. The van der Waals surface area contributed by atoms with Crippen LogP contribution in [-0.4, -0.2) is 24.6 Å². The maximum Gasteiger partial charge on any atom is 0.259 e. The van der Waals surface area contributed by atoms with E-state index in [9.17, 15) is 9.59 Å². The zero-order chi connectivity index (χ0) is 17.5. The zero-order valence-corrected chi connectivity index (χ0v) is 14.5. The summed E-state index contributed by atoms with van der Waals surface area (Å²) >= 11 is 17.7. The van der Waals surface area contributed by atoms with E-state index in [2.05, 4.69) is 15.8 Å². The second-order valence-corrected chi connectivity index (χ2v) is 5.87. The fraction of sp³-hybridized carbons (Fsp3) is 0.0625. The number of rotatable bonds is 5. The number of benzene rings is 2. The maximum absolute atomic E-state index is 11.8. The van der Waals surface area contributed by atoms with Gasteiger partial charge in [-0.05, 0) is 36.4 Å². The first-order chi connectivity index (χ1) is 11.5. The third kappa shape index (κ3) is 5.23. The van der Waals surface area contributed by atoms with Crippen molar-refractivity contribution >= 4 is 52.8 Å². The van der Waals surface area contributed by atoms with Crippen molar-refractivity contribution in [1.29, 1.82) is 0 Å². The Morgan fingerprint density at radius 3 is 2.25 bits per heavy atom. The van der Waals surface area contributed by atoms with E-state index in [4.69, 9.17) is 34.8 Å². The van der Waals surface area contributed by atoms with E-state index in [0.29, 0.717) is 26.2 Å². The highest BCUT2D eigenvalue weighted by Crippen LogP contribution is 2.21. The molecule has 24 heavy (non-hydrogen) atoms. The topological polar surface area (TPSA) is 70.6 Å². The highest BCUT2D eigenvalue weighted by Gasteiger charge is 2.07. The van der Waals surface area contributed by atoms with E-state index in [1.165, 1.54) is 6.21 Å². The number of hydrazone groups is 1. The molecule has 0 aromatic heterocycles. The van der Waals surface area contributed by atoms with Crippen LogP contribution in [0.5, 0.6) is 0 Å². The van der Waals surface area contributed by atoms with Gasteiger partial charge in [0.05, 0.1) is 22.8 Å². The standard InChI is InChI=1S/C16H12Cl3N3O2/c17-11-6-4-10(5-7-11)16(24)20-9-15(23)22-21-8-12-13(18)2-1-3-14(12)19/h1-8H,9H2,(H,20,24)(H,22,23). The van der Waals surface area contributed by atoms with Crippen LogP contribution >= 0.6 is 34.8 Å². The van der Waals surface area contributed by atoms with Crippen molar-refractivity contribution in [3.63, 3.8) is 0 Å². The first-order valence-corrected chi connectivity index (χ1v) is 7.90. The van der Waals surface area contributed by atoms with Crippen LogP contribution in [0.25, 0.3) is 0 Å². The Morgan fingerprint density at radius 2 is 1.62 bits per heavy atom. The number of nitrogens with zero attached hydrogens (tertiary/aromatic N) is 1. The van der Waals surface area contributed by atoms with Crippen LogP contribution in [0.1, 0.15) is 15.9 Å². The van der Waals surface area contributed by atoms with Gasteiger partial charge in [0.25, 0.3) is 11.8 Å². The van der Waals surface area contributed by atoms with Crippen molar-refractivity contribution in [2.75, 3.05) is 6.54 Å². The SMILES string of the molecule is O=C(CNC(=O)c1ccc(Cl)cc1)NN=Cc1c(Cl)cccc1Cl. The van der Waals surface area contributed by atoms with Gasteiger partial charge in [0.15, 0.2) is 0 Å². The summed E-state index contributed by atoms with van der Waals surface area (Å²) in [5, 5.41) is 7.58. The van der Waals surface area contributed by atoms with Gasteiger partial charge in [-0.3, -0.25) is 9.59 Å². The largest absolute Gasteiger partial charge is 0.343 e. The summed E-state index contributed by atoms with van der Waals surface area (Å²) in [5.74, 6) is -0.878. The molecule has 0 aliphatic rings. The minimum absolute atomic E-state index is 0.227. The molecule has 0 aliphatic heterocycles. The molecule has 0 heterocycles. The summed E-state index contributed by atoms with van der Waals surface area (Å²) < 4.78 is 0. The smallest absolute Gasteiger partial charge is 0.259 e. The van der Waals surface area contributed by atoms with Crippen LogP contribution in [0.15, 0.2) is 47.6 Å². The van der Waals surface area contributed by atoms with Crippen molar-refractivity contribution in [3.8, 4) is 0 Å². The summed E-state index contributed by atoms with van der Waals surface area (Å²) in [7, 11) is 0. The Labute approximate surface area is 153 Å². The lowest BCUT2D eigenvalue weighted by atomic mass is 10.2. The van der Waals surface area contributed by atoms with Gasteiger partial charge in [-0.15, -0.1) is 0 Å². The van der Waals surface area contributed by atoms with Gasteiger partial charge in [-0.1, -0.05) is 40.9 Å². The van der Waals surface area contributed by atoms with Crippen LogP contribution in [0, 0.1) is 0 Å². The average molecular weight is 385 g/mol. The van der Waals surface area contributed by atoms with Gasteiger partial charge in [-0.2, -0.15) is 5.10 Å². The fourth-order valence-corrected chi connectivity index (χ4v) is 2.33. The molecule has 0 aliphatic carbocycles. The molecule has 2 aromatic rings. The number of amides is 2. The lowest BCUT2D eigenvalue weighted by Crippen LogP contribution is -2.34. The third-order valence-electron chi connectivity index (χ3n) is 2.90. The Hall–Kier alpha value is -2.08. The van der Waals surface area contributed by atoms with Crippen LogP contribution in [0.4, 0.5) is 0 Å². The summed E-state index contributed by atoms with van der Waals surface area (Å²) in [6, 6.07) is 11.3. The van der Waals surface area contributed by atoms with Crippen LogP contribution in [0.3, 0.4) is 0 Å². The number of hydrogen-bond acceptors (Lipinski definition) is 3. The molecule has 124 valence electrons. The normalized spacial score (nSPS) is 10.6. The molecule has 8 heteroatoms. The Bertz CT molecular complexity index is 756. The van der Waals surface area contributed by atoms with E-state index < -0.39 is 5.91 Å². The monoisotopic (exact) mass is 383 g/mol. The summed E-state index contributed by atoms with van der Waals surface area (Å²) in [5.41, 5.74) is 3.17. The van der Waals surface area contributed by atoms with E-state index >= 15 is 0 Å². The second kappa shape index (κ2) is 8.68. The van der Waals surface area contributed by atoms with Gasteiger partial charge in [0, 0.05) is 16.1 Å². The molecule has 5 nitrogen and oxygen atoms in total. The average Bonchev–Trinajstić information content (AvgIpc) is 2.56. The molecule has 0 atom stereocenters.